The molecule has 0 aliphatic heterocycles. The van der Waals surface area contributed by atoms with Crippen molar-refractivity contribution in [3.8, 4) is 5.75 Å². The van der Waals surface area contributed by atoms with Crippen LogP contribution in [0.3, 0.4) is 0 Å². The van der Waals surface area contributed by atoms with Gasteiger partial charge in [-0.15, -0.1) is 0 Å². The van der Waals surface area contributed by atoms with Crippen molar-refractivity contribution in [3.63, 3.8) is 0 Å². The van der Waals surface area contributed by atoms with Crippen molar-refractivity contribution in [2.75, 3.05) is 12.4 Å². The molecule has 3 aromatic carbocycles. The molecule has 4 nitrogen and oxygen atoms in total. The summed E-state index contributed by atoms with van der Waals surface area (Å²) in [6.07, 6.45) is 0. The molecule has 0 atom stereocenters. The van der Waals surface area contributed by atoms with E-state index in [9.17, 15) is 4.79 Å². The molecular weight excluding hydrogens is 392 g/mol. The fraction of sp³-hybridized carbons (Fsp3) is 0.0909. The van der Waals surface area contributed by atoms with E-state index < -0.39 is 5.92 Å². The Morgan fingerprint density at radius 3 is 2.04 bits per heavy atom. The average Bonchev–Trinajstić information content (AvgIpc) is 2.70. The summed E-state index contributed by atoms with van der Waals surface area (Å²) in [5.41, 5.74) is 2.44. The van der Waals surface area contributed by atoms with Crippen LogP contribution in [0.5, 0.6) is 5.75 Å². The molecule has 0 saturated carbocycles. The molecule has 0 aliphatic carbocycles. The normalized spacial score (nSPS) is 10.4. The number of carbonyl (C=O) groups is 1. The Balaban J connectivity index is 1.76. The number of hydrogen-bond donors (Lipinski definition) is 2. The zero-order valence-electron chi connectivity index (χ0n) is 15.2. The number of nitrogens with one attached hydrogen (secondary N) is 2. The molecule has 28 heavy (non-hydrogen) atoms. The van der Waals surface area contributed by atoms with Gasteiger partial charge in [-0.25, -0.2) is 0 Å². The maximum absolute atomic E-state index is 13.0. The molecular formula is C22H19ClN2O2S. The van der Waals surface area contributed by atoms with Gasteiger partial charge in [0.25, 0.3) is 0 Å². The Morgan fingerprint density at radius 1 is 0.964 bits per heavy atom. The van der Waals surface area contributed by atoms with Gasteiger partial charge in [-0.05, 0) is 41.5 Å². The van der Waals surface area contributed by atoms with Crippen molar-refractivity contribution in [2.24, 2.45) is 0 Å². The first-order chi connectivity index (χ1) is 13.6. The van der Waals surface area contributed by atoms with Gasteiger partial charge in [0.15, 0.2) is 5.11 Å². The highest BCUT2D eigenvalue weighted by atomic mass is 35.5. The first-order valence-electron chi connectivity index (χ1n) is 8.64. The third-order valence-electron chi connectivity index (χ3n) is 4.17. The van der Waals surface area contributed by atoms with Crippen LogP contribution in [0.1, 0.15) is 17.0 Å². The second kappa shape index (κ2) is 9.35. The minimum absolute atomic E-state index is 0.197. The lowest BCUT2D eigenvalue weighted by Gasteiger charge is -2.19. The SMILES string of the molecule is COc1ccc(NC(=S)NC(=O)C(c2ccccc2)c2ccccc2)cc1Cl. The molecule has 0 fully saturated rings. The molecule has 0 unspecified atom stereocenters. The summed E-state index contributed by atoms with van der Waals surface area (Å²) in [5, 5.41) is 6.41. The van der Waals surface area contributed by atoms with Crippen molar-refractivity contribution in [2.45, 2.75) is 5.92 Å². The van der Waals surface area contributed by atoms with Crippen LogP contribution < -0.4 is 15.4 Å². The molecule has 0 heterocycles. The van der Waals surface area contributed by atoms with Gasteiger partial charge in [0.05, 0.1) is 18.1 Å². The highest BCUT2D eigenvalue weighted by Gasteiger charge is 2.23. The van der Waals surface area contributed by atoms with E-state index in [0.717, 1.165) is 11.1 Å². The summed E-state index contributed by atoms with van der Waals surface area (Å²) < 4.78 is 5.14. The second-order valence-corrected chi connectivity index (χ2v) is 6.86. The van der Waals surface area contributed by atoms with E-state index in [1.165, 1.54) is 0 Å². The van der Waals surface area contributed by atoms with E-state index >= 15 is 0 Å². The van der Waals surface area contributed by atoms with Crippen molar-refractivity contribution < 1.29 is 9.53 Å². The number of amides is 1. The molecule has 6 heteroatoms. The van der Waals surface area contributed by atoms with Gasteiger partial charge in [-0.3, -0.25) is 4.79 Å². The number of rotatable bonds is 5. The Kier molecular flexibility index (Phi) is 6.63. The van der Waals surface area contributed by atoms with E-state index in [4.69, 9.17) is 28.6 Å². The molecule has 0 aromatic heterocycles. The topological polar surface area (TPSA) is 50.4 Å². The number of benzene rings is 3. The Bertz CT molecular complexity index is 925. The Morgan fingerprint density at radius 2 is 1.54 bits per heavy atom. The van der Waals surface area contributed by atoms with E-state index in [1.807, 2.05) is 60.7 Å². The summed E-state index contributed by atoms with van der Waals surface area (Å²) in [7, 11) is 1.55. The van der Waals surface area contributed by atoms with Gasteiger partial charge in [0.2, 0.25) is 5.91 Å². The van der Waals surface area contributed by atoms with Crippen LogP contribution in [0, 0.1) is 0 Å². The molecule has 142 valence electrons. The quantitative estimate of drug-likeness (QED) is 0.581. The van der Waals surface area contributed by atoms with Crippen LogP contribution in [0.15, 0.2) is 78.9 Å². The molecule has 1 amide bonds. The van der Waals surface area contributed by atoms with E-state index in [1.54, 1.807) is 25.3 Å². The average molecular weight is 411 g/mol. The lowest BCUT2D eigenvalue weighted by Crippen LogP contribution is -2.37. The van der Waals surface area contributed by atoms with Crippen molar-refractivity contribution >= 4 is 40.5 Å². The first kappa shape index (κ1) is 19.9. The monoisotopic (exact) mass is 410 g/mol. The summed E-state index contributed by atoms with van der Waals surface area (Å²) in [6.45, 7) is 0. The predicted molar refractivity (Wildman–Crippen MR) is 117 cm³/mol. The number of anilines is 1. The highest BCUT2D eigenvalue weighted by Crippen LogP contribution is 2.27. The maximum atomic E-state index is 13.0. The zero-order chi connectivity index (χ0) is 19.9. The van der Waals surface area contributed by atoms with Gasteiger partial charge >= 0.3 is 0 Å². The van der Waals surface area contributed by atoms with Crippen LogP contribution in [0.2, 0.25) is 5.02 Å². The van der Waals surface area contributed by atoms with Crippen LogP contribution >= 0.6 is 23.8 Å². The summed E-state index contributed by atoms with van der Waals surface area (Å²) in [5.74, 6) is -0.119. The van der Waals surface area contributed by atoms with Gasteiger partial charge < -0.3 is 15.4 Å². The molecule has 0 bridgehead atoms. The molecule has 0 spiro atoms. The lowest BCUT2D eigenvalue weighted by atomic mass is 9.90. The van der Waals surface area contributed by atoms with Gasteiger partial charge in [0.1, 0.15) is 5.75 Å². The third-order valence-corrected chi connectivity index (χ3v) is 4.67. The number of ether oxygens (including phenoxy) is 1. The number of thiocarbonyl (C=S) groups is 1. The van der Waals surface area contributed by atoms with E-state index in [-0.39, 0.29) is 11.0 Å². The first-order valence-corrected chi connectivity index (χ1v) is 9.42. The molecule has 3 rings (SSSR count). The van der Waals surface area contributed by atoms with Crippen LogP contribution in [0.25, 0.3) is 0 Å². The van der Waals surface area contributed by atoms with Crippen molar-refractivity contribution in [3.05, 3.63) is 95.0 Å². The van der Waals surface area contributed by atoms with E-state index in [2.05, 4.69) is 10.6 Å². The van der Waals surface area contributed by atoms with Gasteiger partial charge in [-0.1, -0.05) is 72.3 Å². The number of halogens is 1. The number of methoxy groups -OCH3 is 1. The summed E-state index contributed by atoms with van der Waals surface area (Å²) in [4.78, 5) is 13.0. The minimum Gasteiger partial charge on any atom is -0.495 e. The van der Waals surface area contributed by atoms with Crippen LogP contribution in [-0.2, 0) is 4.79 Å². The van der Waals surface area contributed by atoms with Crippen molar-refractivity contribution in [1.82, 2.24) is 5.32 Å². The molecule has 0 saturated heterocycles. The summed E-state index contributed by atoms with van der Waals surface area (Å²) in [6, 6.07) is 24.4. The van der Waals surface area contributed by atoms with Gasteiger partial charge in [0, 0.05) is 5.69 Å². The minimum atomic E-state index is -0.471. The molecule has 2 N–H and O–H groups in total. The Labute approximate surface area is 174 Å². The Hall–Kier alpha value is -2.89. The maximum Gasteiger partial charge on any atom is 0.238 e. The van der Waals surface area contributed by atoms with Gasteiger partial charge in [-0.2, -0.15) is 0 Å². The molecule has 0 radical (unpaired) electrons. The predicted octanol–water partition coefficient (Wildman–Crippen LogP) is 4.99. The van der Waals surface area contributed by atoms with Crippen molar-refractivity contribution in [1.29, 1.82) is 0 Å². The van der Waals surface area contributed by atoms with Crippen LogP contribution in [-0.4, -0.2) is 18.1 Å². The second-order valence-electron chi connectivity index (χ2n) is 6.05. The molecule has 3 aromatic rings. The number of hydrogen-bond acceptors (Lipinski definition) is 3. The van der Waals surface area contributed by atoms with E-state index in [0.29, 0.717) is 16.5 Å². The summed E-state index contributed by atoms with van der Waals surface area (Å²) >= 11 is 11.5. The number of carbonyl (C=O) groups excluding carboxylic acids is 1. The largest absolute Gasteiger partial charge is 0.495 e. The smallest absolute Gasteiger partial charge is 0.238 e. The van der Waals surface area contributed by atoms with Crippen LogP contribution in [0.4, 0.5) is 5.69 Å². The third kappa shape index (κ3) is 4.88. The standard InChI is InChI=1S/C22H19ClN2O2S/c1-27-19-13-12-17(14-18(19)23)24-22(28)25-21(26)20(15-8-4-2-5-9-15)16-10-6-3-7-11-16/h2-14,20H,1H3,(H2,24,25,26,28). The molecule has 0 aliphatic rings. The fourth-order valence-corrected chi connectivity index (χ4v) is 3.35. The lowest BCUT2D eigenvalue weighted by molar-refractivity contribution is -0.120. The zero-order valence-corrected chi connectivity index (χ0v) is 16.8. The fourth-order valence-electron chi connectivity index (χ4n) is 2.88. The highest BCUT2D eigenvalue weighted by molar-refractivity contribution is 7.80.